The number of rotatable bonds is 4. The van der Waals surface area contributed by atoms with Crippen molar-refractivity contribution in [2.24, 2.45) is 5.92 Å². The molecule has 0 spiro atoms. The van der Waals surface area contributed by atoms with Gasteiger partial charge in [-0.15, -0.1) is 0 Å². The van der Waals surface area contributed by atoms with Crippen molar-refractivity contribution in [1.82, 2.24) is 36.2 Å². The van der Waals surface area contributed by atoms with Crippen molar-refractivity contribution >= 4 is 5.82 Å². The second-order valence-electron chi connectivity index (χ2n) is 8.48. The number of pyridine rings is 1. The maximum Gasteiger partial charge on any atom is 0.131 e. The summed E-state index contributed by atoms with van der Waals surface area (Å²) in [5.41, 5.74) is 10.8. The highest BCUT2D eigenvalue weighted by atomic mass is 15.4. The Labute approximate surface area is 172 Å². The van der Waals surface area contributed by atoms with Crippen LogP contribution in [0.15, 0.2) is 24.5 Å². The zero-order valence-electron chi connectivity index (χ0n) is 17.4. The van der Waals surface area contributed by atoms with Crippen LogP contribution in [-0.4, -0.2) is 53.5 Å². The van der Waals surface area contributed by atoms with Crippen molar-refractivity contribution in [2.75, 3.05) is 37.6 Å². The van der Waals surface area contributed by atoms with E-state index in [0.29, 0.717) is 18.0 Å². The highest BCUT2D eigenvalue weighted by Gasteiger charge is 2.42. The van der Waals surface area contributed by atoms with Gasteiger partial charge in [0.25, 0.3) is 0 Å². The number of nitrogens with one attached hydrogen (secondary N) is 4. The smallest absolute Gasteiger partial charge is 0.131 e. The van der Waals surface area contributed by atoms with Gasteiger partial charge in [-0.05, 0) is 31.9 Å². The topological polar surface area (TPSA) is 82.1 Å². The van der Waals surface area contributed by atoms with Crippen molar-refractivity contribution in [2.45, 2.75) is 44.9 Å². The van der Waals surface area contributed by atoms with Gasteiger partial charge in [0, 0.05) is 69.0 Å². The standard InChI is InChI=1S/C21H32N8/c1-3-29-13-15(11-24-29)18-10-16-19(12-23-18)26-27-20(16)17-5-4-14(2)21(25-17)28-8-6-22-7-9-28/h4-5,11,13,16,18-20,22-23,26-27H,3,6-10,12H2,1-2H3. The fourth-order valence-corrected chi connectivity index (χ4v) is 4.95. The van der Waals surface area contributed by atoms with Crippen LogP contribution in [0.5, 0.6) is 0 Å². The SMILES string of the molecule is CCn1cc(C2CC3C(CN2)NNC3c2ccc(C)c(N3CCNCC3)n2)cn1. The predicted octanol–water partition coefficient (Wildman–Crippen LogP) is 0.884. The molecular weight excluding hydrogens is 364 g/mol. The number of hydrazine groups is 1. The van der Waals surface area contributed by atoms with Gasteiger partial charge < -0.3 is 15.5 Å². The number of aromatic nitrogens is 3. The number of aryl methyl sites for hydroxylation is 2. The lowest BCUT2D eigenvalue weighted by Gasteiger charge is -2.34. The first-order chi connectivity index (χ1) is 14.2. The molecule has 0 saturated carbocycles. The maximum atomic E-state index is 5.14. The highest BCUT2D eigenvalue weighted by molar-refractivity contribution is 5.48. The number of piperidine rings is 1. The average Bonchev–Trinajstić information content (AvgIpc) is 3.41. The molecule has 2 aromatic rings. The third kappa shape index (κ3) is 3.66. The molecule has 0 aliphatic carbocycles. The molecule has 3 aliphatic rings. The molecule has 0 radical (unpaired) electrons. The van der Waals surface area contributed by atoms with Crippen LogP contribution in [0.3, 0.4) is 0 Å². The second-order valence-corrected chi connectivity index (χ2v) is 8.48. The highest BCUT2D eigenvalue weighted by Crippen LogP contribution is 2.38. The molecule has 8 heteroatoms. The zero-order chi connectivity index (χ0) is 19.8. The minimum atomic E-state index is 0.230. The summed E-state index contributed by atoms with van der Waals surface area (Å²) >= 11 is 0. The van der Waals surface area contributed by atoms with E-state index >= 15 is 0 Å². The number of anilines is 1. The molecule has 4 unspecified atom stereocenters. The summed E-state index contributed by atoms with van der Waals surface area (Å²) in [6.07, 6.45) is 5.26. The van der Waals surface area contributed by atoms with Crippen molar-refractivity contribution in [3.8, 4) is 0 Å². The molecule has 3 fully saturated rings. The number of nitrogens with zero attached hydrogens (tertiary/aromatic N) is 4. The van der Waals surface area contributed by atoms with Gasteiger partial charge in [0.15, 0.2) is 0 Å². The normalized spacial score (nSPS) is 29.8. The summed E-state index contributed by atoms with van der Waals surface area (Å²) in [6.45, 7) is 10.2. The maximum absolute atomic E-state index is 5.14. The number of hydrogen-bond donors (Lipinski definition) is 4. The molecule has 0 aromatic carbocycles. The van der Waals surface area contributed by atoms with Gasteiger partial charge >= 0.3 is 0 Å². The number of fused-ring (bicyclic) bond motifs is 1. The first kappa shape index (κ1) is 19.0. The van der Waals surface area contributed by atoms with Crippen LogP contribution in [0.1, 0.15) is 42.2 Å². The minimum Gasteiger partial charge on any atom is -0.354 e. The average molecular weight is 397 g/mol. The van der Waals surface area contributed by atoms with Crippen molar-refractivity contribution in [3.63, 3.8) is 0 Å². The van der Waals surface area contributed by atoms with E-state index in [2.05, 4.69) is 63.7 Å². The van der Waals surface area contributed by atoms with E-state index in [0.717, 1.165) is 57.2 Å². The van der Waals surface area contributed by atoms with Crippen LogP contribution in [0.2, 0.25) is 0 Å². The van der Waals surface area contributed by atoms with Crippen molar-refractivity contribution in [1.29, 1.82) is 0 Å². The Morgan fingerprint density at radius 3 is 2.83 bits per heavy atom. The Hall–Kier alpha value is -2.00. The van der Waals surface area contributed by atoms with Gasteiger partial charge in [-0.2, -0.15) is 5.10 Å². The van der Waals surface area contributed by atoms with E-state index in [-0.39, 0.29) is 6.04 Å². The predicted molar refractivity (Wildman–Crippen MR) is 114 cm³/mol. The van der Waals surface area contributed by atoms with Crippen molar-refractivity contribution < 1.29 is 0 Å². The van der Waals surface area contributed by atoms with Crippen LogP contribution in [-0.2, 0) is 6.54 Å². The van der Waals surface area contributed by atoms with Crippen LogP contribution >= 0.6 is 0 Å². The summed E-state index contributed by atoms with van der Waals surface area (Å²) in [6, 6.07) is 5.43. The minimum absolute atomic E-state index is 0.230. The van der Waals surface area contributed by atoms with Gasteiger partial charge in [0.2, 0.25) is 0 Å². The summed E-state index contributed by atoms with van der Waals surface area (Å²) in [4.78, 5) is 7.56. The number of piperazine rings is 1. The molecule has 8 nitrogen and oxygen atoms in total. The Bertz CT molecular complexity index is 843. The Morgan fingerprint density at radius 2 is 2.03 bits per heavy atom. The fourth-order valence-electron chi connectivity index (χ4n) is 4.95. The molecule has 5 rings (SSSR count). The molecule has 4 atom stereocenters. The van der Waals surface area contributed by atoms with Gasteiger partial charge in [-0.3, -0.25) is 10.1 Å². The zero-order valence-corrected chi connectivity index (χ0v) is 17.4. The lowest BCUT2D eigenvalue weighted by molar-refractivity contribution is 0.265. The quantitative estimate of drug-likeness (QED) is 0.611. The first-order valence-electron chi connectivity index (χ1n) is 10.9. The molecule has 3 aliphatic heterocycles. The number of hydrogen-bond acceptors (Lipinski definition) is 7. The van der Waals surface area contributed by atoms with Gasteiger partial charge in [0.1, 0.15) is 5.82 Å². The first-order valence-corrected chi connectivity index (χ1v) is 10.9. The lowest BCUT2D eigenvalue weighted by Crippen LogP contribution is -2.46. The van der Waals surface area contributed by atoms with E-state index in [1.807, 2.05) is 10.9 Å². The van der Waals surface area contributed by atoms with Gasteiger partial charge in [-0.25, -0.2) is 10.4 Å². The molecule has 0 amide bonds. The summed E-state index contributed by atoms with van der Waals surface area (Å²) in [5.74, 6) is 1.64. The van der Waals surface area contributed by atoms with E-state index in [9.17, 15) is 0 Å². The van der Waals surface area contributed by atoms with Crippen molar-refractivity contribution in [3.05, 3.63) is 41.3 Å². The van der Waals surface area contributed by atoms with Crippen LogP contribution in [0.25, 0.3) is 0 Å². The Kier molecular flexibility index (Phi) is 5.26. The Morgan fingerprint density at radius 1 is 1.17 bits per heavy atom. The second kappa shape index (κ2) is 8.02. The molecule has 4 N–H and O–H groups in total. The van der Waals surface area contributed by atoms with E-state index in [1.165, 1.54) is 11.1 Å². The van der Waals surface area contributed by atoms with Crippen LogP contribution < -0.4 is 26.4 Å². The summed E-state index contributed by atoms with van der Waals surface area (Å²) in [7, 11) is 0. The molecular formula is C21H32N8. The third-order valence-corrected chi connectivity index (χ3v) is 6.67. The van der Waals surface area contributed by atoms with Gasteiger partial charge in [0.05, 0.1) is 17.9 Å². The molecule has 2 aromatic heterocycles. The third-order valence-electron chi connectivity index (χ3n) is 6.67. The summed E-state index contributed by atoms with van der Waals surface area (Å²) in [5, 5.41) is 11.6. The molecule has 0 bridgehead atoms. The largest absolute Gasteiger partial charge is 0.354 e. The monoisotopic (exact) mass is 396 g/mol. The van der Waals surface area contributed by atoms with E-state index in [4.69, 9.17) is 4.98 Å². The van der Waals surface area contributed by atoms with Crippen LogP contribution in [0, 0.1) is 12.8 Å². The van der Waals surface area contributed by atoms with Gasteiger partial charge in [-0.1, -0.05) is 6.07 Å². The molecule has 29 heavy (non-hydrogen) atoms. The fraction of sp³-hybridized carbons (Fsp3) is 0.619. The molecule has 5 heterocycles. The van der Waals surface area contributed by atoms with E-state index in [1.54, 1.807) is 0 Å². The van der Waals surface area contributed by atoms with E-state index < -0.39 is 0 Å². The molecule has 3 saturated heterocycles. The lowest BCUT2D eigenvalue weighted by atomic mass is 9.82. The summed E-state index contributed by atoms with van der Waals surface area (Å²) < 4.78 is 2.01. The molecule has 156 valence electrons. The van der Waals surface area contributed by atoms with Crippen LogP contribution in [0.4, 0.5) is 5.82 Å². The Balaban J connectivity index is 1.37.